The molecule has 0 aromatic rings. The summed E-state index contributed by atoms with van der Waals surface area (Å²) in [6, 6.07) is 0. The molecule has 0 fully saturated rings. The second kappa shape index (κ2) is 5.43. The number of nitrogens with zero attached hydrogens (tertiary/aromatic N) is 1. The van der Waals surface area contributed by atoms with Crippen LogP contribution < -0.4 is 10.6 Å². The third-order valence-corrected chi connectivity index (χ3v) is 1.09. The maximum atomic E-state index is 11.2. The summed E-state index contributed by atoms with van der Waals surface area (Å²) in [6.07, 6.45) is -0.612. The first kappa shape index (κ1) is 12.7. The fourth-order valence-electron chi connectivity index (χ4n) is 0.654. The molecule has 0 rings (SSSR count). The summed E-state index contributed by atoms with van der Waals surface area (Å²) >= 11 is 0. The van der Waals surface area contributed by atoms with Crippen molar-refractivity contribution in [1.29, 1.82) is 0 Å². The second-order valence-corrected chi connectivity index (χ2v) is 3.53. The van der Waals surface area contributed by atoms with Crippen LogP contribution in [0.3, 0.4) is 0 Å². The van der Waals surface area contributed by atoms with Crippen molar-refractivity contribution >= 4 is 12.1 Å². The summed E-state index contributed by atoms with van der Waals surface area (Å²) in [5.74, 6) is 0.168. The van der Waals surface area contributed by atoms with Crippen molar-refractivity contribution in [3.63, 3.8) is 0 Å². The summed E-state index contributed by atoms with van der Waals surface area (Å²) in [4.78, 5) is 14.8. The van der Waals surface area contributed by atoms with Crippen molar-refractivity contribution in [3.8, 4) is 0 Å². The van der Waals surface area contributed by atoms with Crippen molar-refractivity contribution in [2.24, 2.45) is 4.99 Å². The maximum Gasteiger partial charge on any atom is 0.414 e. The molecular formula is C8H17N3O3. The van der Waals surface area contributed by atoms with Gasteiger partial charge in [-0.2, -0.15) is 0 Å². The molecule has 82 valence electrons. The van der Waals surface area contributed by atoms with E-state index in [9.17, 15) is 4.79 Å². The fraction of sp³-hybridized carbons (Fsp3) is 0.750. The number of ether oxygens (including phenoxy) is 1. The van der Waals surface area contributed by atoms with Gasteiger partial charge in [0.2, 0.25) is 5.96 Å². The van der Waals surface area contributed by atoms with Gasteiger partial charge in [0.25, 0.3) is 0 Å². The lowest BCUT2D eigenvalue weighted by atomic mass is 10.2. The van der Waals surface area contributed by atoms with Gasteiger partial charge in [0, 0.05) is 7.05 Å². The minimum atomic E-state index is -0.612. The van der Waals surface area contributed by atoms with Gasteiger partial charge in [-0.25, -0.2) is 4.79 Å². The van der Waals surface area contributed by atoms with E-state index in [1.165, 1.54) is 7.05 Å². The Kier molecular flexibility index (Phi) is 4.93. The topological polar surface area (TPSA) is 83.0 Å². The quantitative estimate of drug-likeness (QED) is 0.319. The zero-order valence-electron chi connectivity index (χ0n) is 8.92. The molecule has 6 heteroatoms. The molecule has 0 aliphatic heterocycles. The van der Waals surface area contributed by atoms with Gasteiger partial charge in [-0.1, -0.05) is 0 Å². The van der Waals surface area contributed by atoms with Crippen LogP contribution in [0.1, 0.15) is 20.8 Å². The van der Waals surface area contributed by atoms with Crippen LogP contribution in [0, 0.1) is 0 Å². The number of rotatable bonds is 1. The Balaban J connectivity index is 4.05. The molecule has 0 saturated heterocycles. The number of aliphatic imine (C=N–C) groups is 1. The summed E-state index contributed by atoms with van der Waals surface area (Å²) in [7, 11) is 1.48. The predicted octanol–water partition coefficient (Wildman–Crippen LogP) is 0.0363. The van der Waals surface area contributed by atoms with Crippen molar-refractivity contribution in [2.45, 2.75) is 26.4 Å². The molecule has 0 unspecified atom stereocenters. The summed E-state index contributed by atoms with van der Waals surface area (Å²) in [5, 5.41) is 13.3. The standard InChI is InChI=1S/C8H17N3O3/c1-8(2,3)14-7(13)11-6(9-4)10-5-12/h12H,5H2,1-4H3,(H2,9,10,11,13). The lowest BCUT2D eigenvalue weighted by Gasteiger charge is -2.20. The zero-order chi connectivity index (χ0) is 11.2. The van der Waals surface area contributed by atoms with E-state index in [1.54, 1.807) is 20.8 Å². The first-order chi connectivity index (χ1) is 6.39. The summed E-state index contributed by atoms with van der Waals surface area (Å²) in [5.41, 5.74) is -0.553. The molecule has 0 aromatic carbocycles. The molecule has 1 amide bonds. The average molecular weight is 203 g/mol. The van der Waals surface area contributed by atoms with E-state index in [-0.39, 0.29) is 12.7 Å². The molecule has 0 aliphatic carbocycles. The van der Waals surface area contributed by atoms with Gasteiger partial charge in [-0.05, 0) is 20.8 Å². The first-order valence-electron chi connectivity index (χ1n) is 4.20. The Hall–Kier alpha value is -1.30. The summed E-state index contributed by atoms with van der Waals surface area (Å²) < 4.78 is 4.96. The van der Waals surface area contributed by atoms with E-state index < -0.39 is 11.7 Å². The molecule has 14 heavy (non-hydrogen) atoms. The highest BCUT2D eigenvalue weighted by atomic mass is 16.6. The molecule has 6 nitrogen and oxygen atoms in total. The number of aliphatic hydroxyl groups is 1. The number of hydrogen-bond acceptors (Lipinski definition) is 4. The highest BCUT2D eigenvalue weighted by Crippen LogP contribution is 2.05. The average Bonchev–Trinajstić information content (AvgIpc) is 2.00. The molecular weight excluding hydrogens is 186 g/mol. The predicted molar refractivity (Wildman–Crippen MR) is 53.0 cm³/mol. The smallest absolute Gasteiger partial charge is 0.414 e. The number of carbonyl (C=O) groups is 1. The van der Waals surface area contributed by atoms with E-state index in [2.05, 4.69) is 15.6 Å². The number of guanidine groups is 1. The lowest BCUT2D eigenvalue weighted by molar-refractivity contribution is 0.0560. The minimum absolute atomic E-state index is 0.168. The van der Waals surface area contributed by atoms with Gasteiger partial charge >= 0.3 is 6.09 Å². The van der Waals surface area contributed by atoms with Gasteiger partial charge in [-0.3, -0.25) is 10.3 Å². The third kappa shape index (κ3) is 6.24. The lowest BCUT2D eigenvalue weighted by Crippen LogP contribution is -2.43. The van der Waals surface area contributed by atoms with E-state index in [4.69, 9.17) is 9.84 Å². The molecule has 0 aromatic heterocycles. The molecule has 0 radical (unpaired) electrons. The minimum Gasteiger partial charge on any atom is -0.444 e. The van der Waals surface area contributed by atoms with E-state index in [0.717, 1.165) is 0 Å². The molecule has 0 saturated carbocycles. The number of hydrogen-bond donors (Lipinski definition) is 3. The van der Waals surface area contributed by atoms with E-state index in [0.29, 0.717) is 0 Å². The Morgan fingerprint density at radius 3 is 2.43 bits per heavy atom. The fourth-order valence-corrected chi connectivity index (χ4v) is 0.654. The number of carbonyl (C=O) groups excluding carboxylic acids is 1. The van der Waals surface area contributed by atoms with Crippen LogP contribution in [0.15, 0.2) is 4.99 Å². The van der Waals surface area contributed by atoms with Crippen LogP contribution in [0.4, 0.5) is 4.79 Å². The van der Waals surface area contributed by atoms with Crippen LogP contribution in [-0.2, 0) is 4.74 Å². The number of aliphatic hydroxyl groups excluding tert-OH is 1. The highest BCUT2D eigenvalue weighted by Gasteiger charge is 2.16. The van der Waals surface area contributed by atoms with Crippen LogP contribution in [0.2, 0.25) is 0 Å². The van der Waals surface area contributed by atoms with E-state index >= 15 is 0 Å². The SMILES string of the molecule is CN=C(NCO)NC(=O)OC(C)(C)C. The normalized spacial score (nSPS) is 12.2. The third-order valence-electron chi connectivity index (χ3n) is 1.09. The maximum absolute atomic E-state index is 11.2. The molecule has 0 spiro atoms. The van der Waals surface area contributed by atoms with Crippen molar-refractivity contribution in [3.05, 3.63) is 0 Å². The zero-order valence-corrected chi connectivity index (χ0v) is 8.92. The van der Waals surface area contributed by atoms with Gasteiger partial charge in [-0.15, -0.1) is 0 Å². The first-order valence-corrected chi connectivity index (χ1v) is 4.20. The number of amides is 1. The molecule has 0 aliphatic rings. The van der Waals surface area contributed by atoms with E-state index in [1.807, 2.05) is 0 Å². The Morgan fingerprint density at radius 1 is 1.50 bits per heavy atom. The monoisotopic (exact) mass is 203 g/mol. The molecule has 0 bridgehead atoms. The number of alkyl carbamates (subject to hydrolysis) is 1. The van der Waals surface area contributed by atoms with Crippen molar-refractivity contribution in [2.75, 3.05) is 13.8 Å². The van der Waals surface area contributed by atoms with Gasteiger partial charge < -0.3 is 15.2 Å². The Labute approximate surface area is 83.4 Å². The van der Waals surface area contributed by atoms with Crippen LogP contribution in [0.25, 0.3) is 0 Å². The van der Waals surface area contributed by atoms with Gasteiger partial charge in [0.05, 0.1) is 0 Å². The van der Waals surface area contributed by atoms with Gasteiger partial charge in [0.1, 0.15) is 12.3 Å². The Morgan fingerprint density at radius 2 is 2.07 bits per heavy atom. The number of nitrogens with one attached hydrogen (secondary N) is 2. The second-order valence-electron chi connectivity index (χ2n) is 3.53. The largest absolute Gasteiger partial charge is 0.444 e. The molecule has 0 atom stereocenters. The van der Waals surface area contributed by atoms with Gasteiger partial charge in [0.15, 0.2) is 0 Å². The molecule has 0 heterocycles. The summed E-state index contributed by atoms with van der Waals surface area (Å²) in [6.45, 7) is 4.97. The molecule has 3 N–H and O–H groups in total. The van der Waals surface area contributed by atoms with Crippen LogP contribution in [-0.4, -0.2) is 36.5 Å². The van der Waals surface area contributed by atoms with Crippen molar-refractivity contribution < 1.29 is 14.6 Å². The van der Waals surface area contributed by atoms with Crippen molar-refractivity contribution in [1.82, 2.24) is 10.6 Å². The van der Waals surface area contributed by atoms with Crippen LogP contribution >= 0.6 is 0 Å². The van der Waals surface area contributed by atoms with Crippen LogP contribution in [0.5, 0.6) is 0 Å². The Bertz CT molecular complexity index is 220. The highest BCUT2D eigenvalue weighted by molar-refractivity contribution is 5.93.